The number of nitrogens with zero attached hydrogens (tertiary/aromatic N) is 3. The predicted molar refractivity (Wildman–Crippen MR) is 116 cm³/mol. The van der Waals surface area contributed by atoms with Crippen LogP contribution in [0.25, 0.3) is 0 Å². The molecule has 0 saturated heterocycles. The van der Waals surface area contributed by atoms with Gasteiger partial charge >= 0.3 is 0 Å². The van der Waals surface area contributed by atoms with Crippen molar-refractivity contribution >= 4 is 23.4 Å². The van der Waals surface area contributed by atoms with Gasteiger partial charge in [0.25, 0.3) is 0 Å². The molecule has 1 unspecified atom stereocenters. The summed E-state index contributed by atoms with van der Waals surface area (Å²) in [6, 6.07) is 12.6. The smallest absolute Gasteiger partial charge is 0.191 e. The number of hydrogen-bond donors (Lipinski definition) is 0. The Balaban J connectivity index is 1.66. The maximum absolute atomic E-state index is 13.2. The number of hydrogen-bond acceptors (Lipinski definition) is 4. The van der Waals surface area contributed by atoms with Gasteiger partial charge in [0.05, 0.1) is 0 Å². The van der Waals surface area contributed by atoms with Crippen molar-refractivity contribution in [1.82, 2.24) is 14.8 Å². The number of aromatic nitrogens is 3. The molecule has 154 valence electrons. The van der Waals surface area contributed by atoms with Crippen LogP contribution < -0.4 is 4.74 Å². The highest BCUT2D eigenvalue weighted by molar-refractivity contribution is 7.98. The fraction of sp³-hybridized carbons (Fsp3) is 0.364. The summed E-state index contributed by atoms with van der Waals surface area (Å²) in [5.41, 5.74) is 2.22. The third-order valence-corrected chi connectivity index (χ3v) is 6.06. The summed E-state index contributed by atoms with van der Waals surface area (Å²) < 4.78 is 21.2. The third kappa shape index (κ3) is 5.31. The van der Waals surface area contributed by atoms with E-state index < -0.39 is 0 Å². The summed E-state index contributed by atoms with van der Waals surface area (Å²) in [6.45, 7) is 8.50. The Morgan fingerprint density at radius 1 is 1.14 bits per heavy atom. The molecule has 3 rings (SSSR count). The molecule has 0 aliphatic carbocycles. The van der Waals surface area contributed by atoms with Crippen LogP contribution in [-0.4, -0.2) is 14.8 Å². The van der Waals surface area contributed by atoms with Crippen LogP contribution in [0.15, 0.2) is 47.6 Å². The highest BCUT2D eigenvalue weighted by atomic mass is 35.5. The molecule has 0 spiro atoms. The van der Waals surface area contributed by atoms with Crippen LogP contribution in [-0.2, 0) is 18.2 Å². The van der Waals surface area contributed by atoms with Gasteiger partial charge in [0, 0.05) is 17.8 Å². The van der Waals surface area contributed by atoms with E-state index in [4.69, 9.17) is 16.3 Å². The van der Waals surface area contributed by atoms with Gasteiger partial charge in [0.15, 0.2) is 17.1 Å². The van der Waals surface area contributed by atoms with Crippen molar-refractivity contribution in [1.29, 1.82) is 0 Å². The van der Waals surface area contributed by atoms with Gasteiger partial charge < -0.3 is 9.30 Å². The molecule has 0 saturated carbocycles. The first-order chi connectivity index (χ1) is 13.6. The molecule has 0 aliphatic rings. The number of ether oxygens (including phenoxy) is 1. The average Bonchev–Trinajstić information content (AvgIpc) is 3.01. The lowest BCUT2D eigenvalue weighted by molar-refractivity contribution is 0.211. The maximum atomic E-state index is 13.2. The minimum Gasteiger partial charge on any atom is -0.483 e. The fourth-order valence-electron chi connectivity index (χ4n) is 2.88. The van der Waals surface area contributed by atoms with E-state index in [1.807, 2.05) is 30.7 Å². The van der Waals surface area contributed by atoms with Crippen molar-refractivity contribution in [3.63, 3.8) is 0 Å². The highest BCUT2D eigenvalue weighted by Gasteiger charge is 2.18. The molecule has 0 bridgehead atoms. The predicted octanol–water partition coefficient (Wildman–Crippen LogP) is 6.34. The lowest BCUT2D eigenvalue weighted by Crippen LogP contribution is -2.12. The number of halogens is 2. The molecule has 7 heteroatoms. The molecule has 0 N–H and O–H groups in total. The standard InChI is InChI=1S/C22H25ClFN3OS/c1-14(28-18-10-7-16(8-11-18)22(2,3)4)20-25-26-21(27(20)5)29-13-15-6-9-17(24)12-19(15)23/h6-12,14H,13H2,1-5H3. The second-order valence-electron chi connectivity index (χ2n) is 7.96. The molecule has 1 aromatic heterocycles. The summed E-state index contributed by atoms with van der Waals surface area (Å²) in [6.07, 6.45) is -0.253. The van der Waals surface area contributed by atoms with Gasteiger partial charge in [-0.1, -0.05) is 62.3 Å². The quantitative estimate of drug-likeness (QED) is 0.425. The van der Waals surface area contributed by atoms with Gasteiger partial charge in [-0.25, -0.2) is 4.39 Å². The molecular formula is C22H25ClFN3OS. The molecule has 0 aliphatic heterocycles. The number of rotatable bonds is 6. The molecule has 4 nitrogen and oxygen atoms in total. The Labute approximate surface area is 180 Å². The molecule has 29 heavy (non-hydrogen) atoms. The Hall–Kier alpha value is -2.05. The minimum atomic E-state index is -0.341. The van der Waals surface area contributed by atoms with Crippen LogP contribution in [0.4, 0.5) is 4.39 Å². The molecule has 1 atom stereocenters. The van der Waals surface area contributed by atoms with Crippen molar-refractivity contribution in [2.75, 3.05) is 0 Å². The minimum absolute atomic E-state index is 0.104. The monoisotopic (exact) mass is 433 g/mol. The van der Waals surface area contributed by atoms with E-state index in [2.05, 4.69) is 43.1 Å². The van der Waals surface area contributed by atoms with Gasteiger partial charge in [-0.2, -0.15) is 0 Å². The lowest BCUT2D eigenvalue weighted by Gasteiger charge is -2.20. The SMILES string of the molecule is CC(Oc1ccc(C(C)(C)C)cc1)c1nnc(SCc2ccc(F)cc2Cl)n1C. The van der Waals surface area contributed by atoms with Crippen LogP contribution in [0.5, 0.6) is 5.75 Å². The van der Waals surface area contributed by atoms with Crippen LogP contribution >= 0.6 is 23.4 Å². The zero-order chi connectivity index (χ0) is 21.2. The fourth-order valence-corrected chi connectivity index (χ4v) is 4.11. The van der Waals surface area contributed by atoms with Crippen LogP contribution in [0.3, 0.4) is 0 Å². The van der Waals surface area contributed by atoms with E-state index in [-0.39, 0.29) is 17.3 Å². The molecule has 0 fully saturated rings. The zero-order valence-electron chi connectivity index (χ0n) is 17.2. The Bertz CT molecular complexity index is 983. The summed E-state index contributed by atoms with van der Waals surface area (Å²) in [5, 5.41) is 9.72. The second-order valence-corrected chi connectivity index (χ2v) is 9.31. The third-order valence-electron chi connectivity index (χ3n) is 4.64. The number of thioether (sulfide) groups is 1. The Kier molecular flexibility index (Phi) is 6.54. The van der Waals surface area contributed by atoms with Crippen LogP contribution in [0.1, 0.15) is 50.8 Å². The summed E-state index contributed by atoms with van der Waals surface area (Å²) in [7, 11) is 1.91. The maximum Gasteiger partial charge on any atom is 0.191 e. The van der Waals surface area contributed by atoms with Crippen molar-refractivity contribution in [2.45, 2.75) is 50.1 Å². The highest BCUT2D eigenvalue weighted by Crippen LogP contribution is 2.29. The van der Waals surface area contributed by atoms with Gasteiger partial charge in [0.1, 0.15) is 11.6 Å². The van der Waals surface area contributed by atoms with Crippen molar-refractivity contribution < 1.29 is 9.13 Å². The van der Waals surface area contributed by atoms with Crippen LogP contribution in [0.2, 0.25) is 5.02 Å². The largest absolute Gasteiger partial charge is 0.483 e. The molecular weight excluding hydrogens is 409 g/mol. The number of benzene rings is 2. The van der Waals surface area contributed by atoms with Gasteiger partial charge in [0.2, 0.25) is 0 Å². The van der Waals surface area contributed by atoms with Crippen molar-refractivity contribution in [3.8, 4) is 5.75 Å². The molecule has 0 radical (unpaired) electrons. The van der Waals surface area contributed by atoms with E-state index in [1.54, 1.807) is 6.07 Å². The van der Waals surface area contributed by atoms with Gasteiger partial charge in [-0.05, 0) is 47.7 Å². The van der Waals surface area contributed by atoms with E-state index in [9.17, 15) is 4.39 Å². The molecule has 3 aromatic rings. The van der Waals surface area contributed by atoms with E-state index in [0.29, 0.717) is 10.8 Å². The summed E-state index contributed by atoms with van der Waals surface area (Å²) in [4.78, 5) is 0. The first-order valence-electron chi connectivity index (χ1n) is 9.38. The first kappa shape index (κ1) is 21.7. The van der Waals surface area contributed by atoms with Crippen molar-refractivity contribution in [2.24, 2.45) is 7.05 Å². The van der Waals surface area contributed by atoms with E-state index in [1.165, 1.54) is 29.5 Å². The van der Waals surface area contributed by atoms with E-state index >= 15 is 0 Å². The Morgan fingerprint density at radius 2 is 1.83 bits per heavy atom. The first-order valence-corrected chi connectivity index (χ1v) is 10.7. The zero-order valence-corrected chi connectivity index (χ0v) is 18.8. The average molecular weight is 434 g/mol. The van der Waals surface area contributed by atoms with E-state index in [0.717, 1.165) is 22.3 Å². The van der Waals surface area contributed by atoms with Crippen molar-refractivity contribution in [3.05, 3.63) is 70.3 Å². The Morgan fingerprint density at radius 3 is 2.45 bits per heavy atom. The van der Waals surface area contributed by atoms with Gasteiger partial charge in [-0.15, -0.1) is 10.2 Å². The van der Waals surface area contributed by atoms with Crippen LogP contribution in [0, 0.1) is 5.82 Å². The topological polar surface area (TPSA) is 39.9 Å². The second kappa shape index (κ2) is 8.76. The lowest BCUT2D eigenvalue weighted by atomic mass is 9.87. The molecule has 2 aromatic carbocycles. The van der Waals surface area contributed by atoms with Gasteiger partial charge in [-0.3, -0.25) is 0 Å². The molecule has 0 amide bonds. The normalized spacial score (nSPS) is 12.8. The summed E-state index contributed by atoms with van der Waals surface area (Å²) in [5.74, 6) is 1.76. The summed E-state index contributed by atoms with van der Waals surface area (Å²) >= 11 is 7.60. The molecule has 1 heterocycles.